The Balaban J connectivity index is 2.06. The van der Waals surface area contributed by atoms with Crippen molar-refractivity contribution < 1.29 is 14.3 Å². The van der Waals surface area contributed by atoms with Crippen LogP contribution in [0, 0.1) is 6.92 Å². The lowest BCUT2D eigenvalue weighted by atomic mass is 10.1. The quantitative estimate of drug-likeness (QED) is 0.788. The van der Waals surface area contributed by atoms with E-state index >= 15 is 0 Å². The van der Waals surface area contributed by atoms with E-state index in [0.717, 1.165) is 9.92 Å². The van der Waals surface area contributed by atoms with Gasteiger partial charge in [-0.25, -0.2) is 9.78 Å². The Morgan fingerprint density at radius 1 is 1.30 bits per heavy atom. The minimum atomic E-state index is -0.971. The summed E-state index contributed by atoms with van der Waals surface area (Å²) in [6.07, 6.45) is 1.73. The zero-order valence-corrected chi connectivity index (χ0v) is 11.5. The van der Waals surface area contributed by atoms with Crippen molar-refractivity contribution >= 4 is 28.7 Å². The molecule has 2 aromatic heterocycles. The number of carboxylic acid groups (broad SMARTS) is 1. The number of furan rings is 1. The highest BCUT2D eigenvalue weighted by Gasteiger charge is 2.17. The number of aryl methyl sites for hydroxylation is 1. The Hall–Kier alpha value is -2.27. The molecule has 0 fully saturated rings. The standard InChI is InChI=1S/C15H11NO3S/c1-9-14(15(17)18)11-8-10(5-6-12(11)19-9)20-13-4-2-3-7-16-13/h2-8H,1H3,(H,17,18). The summed E-state index contributed by atoms with van der Waals surface area (Å²) < 4.78 is 5.46. The maximum absolute atomic E-state index is 11.3. The van der Waals surface area contributed by atoms with Crippen molar-refractivity contribution in [2.75, 3.05) is 0 Å². The first-order chi connectivity index (χ1) is 9.65. The molecule has 5 heteroatoms. The van der Waals surface area contributed by atoms with Gasteiger partial charge in [0.2, 0.25) is 0 Å². The zero-order valence-electron chi connectivity index (χ0n) is 10.7. The third kappa shape index (κ3) is 2.28. The summed E-state index contributed by atoms with van der Waals surface area (Å²) in [5.74, 6) is -0.547. The molecule has 3 rings (SSSR count). The van der Waals surface area contributed by atoms with Crippen molar-refractivity contribution in [1.29, 1.82) is 0 Å². The molecule has 4 nitrogen and oxygen atoms in total. The highest BCUT2D eigenvalue weighted by atomic mass is 32.2. The summed E-state index contributed by atoms with van der Waals surface area (Å²) in [5.41, 5.74) is 0.814. The Kier molecular flexibility index (Phi) is 3.20. The van der Waals surface area contributed by atoms with Gasteiger partial charge in [0.25, 0.3) is 0 Å². The number of aromatic nitrogens is 1. The van der Waals surface area contributed by atoms with Gasteiger partial charge in [0.1, 0.15) is 21.9 Å². The summed E-state index contributed by atoms with van der Waals surface area (Å²) in [5, 5.41) is 10.7. The van der Waals surface area contributed by atoms with Crippen LogP contribution >= 0.6 is 11.8 Å². The van der Waals surface area contributed by atoms with E-state index in [1.807, 2.05) is 30.3 Å². The lowest BCUT2D eigenvalue weighted by molar-refractivity contribution is 0.0697. The van der Waals surface area contributed by atoms with Crippen LogP contribution in [0.15, 0.2) is 56.9 Å². The van der Waals surface area contributed by atoms with Crippen molar-refractivity contribution in [2.24, 2.45) is 0 Å². The second kappa shape index (κ2) is 5.02. The van der Waals surface area contributed by atoms with Crippen molar-refractivity contribution in [1.82, 2.24) is 4.98 Å². The molecule has 0 unspecified atom stereocenters. The summed E-state index contributed by atoms with van der Waals surface area (Å²) in [6.45, 7) is 1.66. The first kappa shape index (κ1) is 12.7. The number of benzene rings is 1. The van der Waals surface area contributed by atoms with Crippen LogP contribution in [-0.2, 0) is 0 Å². The number of rotatable bonds is 3. The van der Waals surface area contributed by atoms with E-state index in [2.05, 4.69) is 4.98 Å². The van der Waals surface area contributed by atoms with E-state index in [0.29, 0.717) is 16.7 Å². The third-order valence-electron chi connectivity index (χ3n) is 2.91. The van der Waals surface area contributed by atoms with Gasteiger partial charge in [-0.2, -0.15) is 0 Å². The summed E-state index contributed by atoms with van der Waals surface area (Å²) in [4.78, 5) is 16.5. The summed E-state index contributed by atoms with van der Waals surface area (Å²) >= 11 is 1.49. The largest absolute Gasteiger partial charge is 0.478 e. The Labute approximate surface area is 119 Å². The smallest absolute Gasteiger partial charge is 0.339 e. The van der Waals surface area contributed by atoms with Crippen LogP contribution in [0.4, 0.5) is 0 Å². The highest BCUT2D eigenvalue weighted by molar-refractivity contribution is 7.99. The molecule has 100 valence electrons. The van der Waals surface area contributed by atoms with E-state index < -0.39 is 5.97 Å². The number of hydrogen-bond acceptors (Lipinski definition) is 4. The van der Waals surface area contributed by atoms with Crippen LogP contribution < -0.4 is 0 Å². The maximum atomic E-state index is 11.3. The fourth-order valence-electron chi connectivity index (χ4n) is 2.06. The van der Waals surface area contributed by atoms with E-state index in [1.165, 1.54) is 11.8 Å². The molecule has 20 heavy (non-hydrogen) atoms. The van der Waals surface area contributed by atoms with Crippen LogP contribution in [0.25, 0.3) is 11.0 Å². The lowest BCUT2D eigenvalue weighted by Crippen LogP contribution is -1.96. The maximum Gasteiger partial charge on any atom is 0.339 e. The van der Waals surface area contributed by atoms with Gasteiger partial charge >= 0.3 is 5.97 Å². The highest BCUT2D eigenvalue weighted by Crippen LogP contribution is 2.32. The van der Waals surface area contributed by atoms with Crippen LogP contribution in [0.2, 0.25) is 0 Å². The molecule has 1 aromatic carbocycles. The van der Waals surface area contributed by atoms with Gasteiger partial charge in [-0.05, 0) is 37.3 Å². The lowest BCUT2D eigenvalue weighted by Gasteiger charge is -2.00. The van der Waals surface area contributed by atoms with Crippen LogP contribution in [0.5, 0.6) is 0 Å². The molecule has 0 amide bonds. The number of nitrogens with zero attached hydrogens (tertiary/aromatic N) is 1. The van der Waals surface area contributed by atoms with Crippen LogP contribution in [-0.4, -0.2) is 16.1 Å². The normalized spacial score (nSPS) is 10.8. The fourth-order valence-corrected chi connectivity index (χ4v) is 2.87. The van der Waals surface area contributed by atoms with Gasteiger partial charge < -0.3 is 9.52 Å². The SMILES string of the molecule is Cc1oc2ccc(Sc3ccccn3)cc2c1C(=O)O. The molecule has 0 radical (unpaired) electrons. The fraction of sp³-hybridized carbons (Fsp3) is 0.0667. The van der Waals surface area contributed by atoms with Gasteiger partial charge in [0.05, 0.1) is 0 Å². The topological polar surface area (TPSA) is 63.3 Å². The van der Waals surface area contributed by atoms with Crippen molar-refractivity contribution in [3.63, 3.8) is 0 Å². The molecule has 3 aromatic rings. The first-order valence-electron chi connectivity index (χ1n) is 6.00. The molecule has 0 aliphatic rings. The third-order valence-corrected chi connectivity index (χ3v) is 3.85. The number of hydrogen-bond donors (Lipinski definition) is 1. The molecular weight excluding hydrogens is 274 g/mol. The van der Waals surface area contributed by atoms with Gasteiger partial charge in [0, 0.05) is 16.5 Å². The number of carbonyl (C=O) groups is 1. The Morgan fingerprint density at radius 3 is 2.85 bits per heavy atom. The predicted molar refractivity (Wildman–Crippen MR) is 76.3 cm³/mol. The number of fused-ring (bicyclic) bond motifs is 1. The average molecular weight is 285 g/mol. The van der Waals surface area contributed by atoms with E-state index in [9.17, 15) is 9.90 Å². The molecule has 0 spiro atoms. The van der Waals surface area contributed by atoms with Gasteiger partial charge in [-0.3, -0.25) is 0 Å². The first-order valence-corrected chi connectivity index (χ1v) is 6.82. The van der Waals surface area contributed by atoms with E-state index in [4.69, 9.17) is 4.42 Å². The van der Waals surface area contributed by atoms with Crippen molar-refractivity contribution in [3.05, 3.63) is 53.9 Å². The van der Waals surface area contributed by atoms with Crippen LogP contribution in [0.3, 0.4) is 0 Å². The summed E-state index contributed by atoms with van der Waals surface area (Å²) in [6, 6.07) is 11.2. The van der Waals surface area contributed by atoms with Crippen molar-refractivity contribution in [3.8, 4) is 0 Å². The molecule has 1 N–H and O–H groups in total. The predicted octanol–water partition coefficient (Wildman–Crippen LogP) is 3.99. The molecule has 0 atom stereocenters. The molecule has 2 heterocycles. The molecule has 0 saturated heterocycles. The number of carboxylic acids is 1. The second-order valence-electron chi connectivity index (χ2n) is 4.27. The van der Waals surface area contributed by atoms with Crippen molar-refractivity contribution in [2.45, 2.75) is 16.8 Å². The van der Waals surface area contributed by atoms with Crippen LogP contribution in [0.1, 0.15) is 16.1 Å². The monoisotopic (exact) mass is 285 g/mol. The number of aromatic carboxylic acids is 1. The van der Waals surface area contributed by atoms with Gasteiger partial charge in [0.15, 0.2) is 0 Å². The minimum absolute atomic E-state index is 0.225. The molecule has 0 bridgehead atoms. The van der Waals surface area contributed by atoms with E-state index in [1.54, 1.807) is 19.2 Å². The Morgan fingerprint density at radius 2 is 2.15 bits per heavy atom. The number of pyridine rings is 1. The van der Waals surface area contributed by atoms with E-state index in [-0.39, 0.29) is 5.56 Å². The van der Waals surface area contributed by atoms with Gasteiger partial charge in [-0.1, -0.05) is 17.8 Å². The van der Waals surface area contributed by atoms with Gasteiger partial charge in [-0.15, -0.1) is 0 Å². The molecule has 0 saturated carbocycles. The second-order valence-corrected chi connectivity index (χ2v) is 5.36. The molecule has 0 aliphatic carbocycles. The average Bonchev–Trinajstić information content (AvgIpc) is 2.75. The summed E-state index contributed by atoms with van der Waals surface area (Å²) in [7, 11) is 0. The molecular formula is C15H11NO3S. The zero-order chi connectivity index (χ0) is 14.1. The minimum Gasteiger partial charge on any atom is -0.478 e. The molecule has 0 aliphatic heterocycles. The Bertz CT molecular complexity index is 780.